The molecule has 1 aromatic rings. The number of likely N-dealkylation sites (N-methyl/N-ethyl adjacent to an activating group) is 1. The van der Waals surface area contributed by atoms with Crippen molar-refractivity contribution in [2.45, 2.75) is 26.9 Å². The predicted molar refractivity (Wildman–Crippen MR) is 78.5 cm³/mol. The Morgan fingerprint density at radius 3 is 2.65 bits per heavy atom. The van der Waals surface area contributed by atoms with Crippen molar-refractivity contribution in [1.29, 1.82) is 0 Å². The second-order valence-corrected chi connectivity index (χ2v) is 5.46. The van der Waals surface area contributed by atoms with Crippen molar-refractivity contribution in [3.8, 4) is 0 Å². The molecule has 0 radical (unpaired) electrons. The van der Waals surface area contributed by atoms with E-state index in [4.69, 9.17) is 5.73 Å². The number of benzene rings is 1. The minimum Gasteiger partial charge on any atom is -0.355 e. The highest BCUT2D eigenvalue weighted by Crippen LogP contribution is 2.14. The van der Waals surface area contributed by atoms with E-state index in [0.717, 1.165) is 0 Å². The molecule has 5 heteroatoms. The fraction of sp³-hybridized carbons (Fsp3) is 0.533. The summed E-state index contributed by atoms with van der Waals surface area (Å²) in [6, 6.07) is 5.18. The zero-order valence-corrected chi connectivity index (χ0v) is 12.4. The summed E-state index contributed by atoms with van der Waals surface area (Å²) in [6.45, 7) is 5.55. The summed E-state index contributed by atoms with van der Waals surface area (Å²) >= 11 is 0. The van der Waals surface area contributed by atoms with Gasteiger partial charge < -0.3 is 11.1 Å². The summed E-state index contributed by atoms with van der Waals surface area (Å²) in [7, 11) is 1.80. The van der Waals surface area contributed by atoms with E-state index in [1.807, 2.05) is 13.8 Å². The number of carbonyl (C=O) groups excluding carboxylic acids is 1. The first-order chi connectivity index (χ1) is 9.43. The molecule has 1 aromatic carbocycles. The Morgan fingerprint density at radius 1 is 1.40 bits per heavy atom. The maximum Gasteiger partial charge on any atom is 0.234 e. The van der Waals surface area contributed by atoms with E-state index in [-0.39, 0.29) is 24.8 Å². The topological polar surface area (TPSA) is 58.4 Å². The summed E-state index contributed by atoms with van der Waals surface area (Å²) < 4.78 is 14.0. The summed E-state index contributed by atoms with van der Waals surface area (Å²) in [5.74, 6) is 0.101. The van der Waals surface area contributed by atoms with E-state index in [9.17, 15) is 9.18 Å². The number of nitrogens with two attached hydrogens (primary N) is 1. The maximum atomic E-state index is 14.0. The van der Waals surface area contributed by atoms with Gasteiger partial charge in [-0.1, -0.05) is 32.0 Å². The largest absolute Gasteiger partial charge is 0.355 e. The number of carbonyl (C=O) groups is 1. The number of hydrogen-bond donors (Lipinski definition) is 2. The molecule has 1 amide bonds. The van der Waals surface area contributed by atoms with Gasteiger partial charge in [-0.25, -0.2) is 4.39 Å². The highest BCUT2D eigenvalue weighted by atomic mass is 19.1. The smallest absolute Gasteiger partial charge is 0.234 e. The van der Waals surface area contributed by atoms with E-state index < -0.39 is 0 Å². The van der Waals surface area contributed by atoms with Crippen molar-refractivity contribution in [3.63, 3.8) is 0 Å². The van der Waals surface area contributed by atoms with Gasteiger partial charge in [-0.15, -0.1) is 0 Å². The van der Waals surface area contributed by atoms with Crippen LogP contribution in [0, 0.1) is 11.7 Å². The third kappa shape index (κ3) is 5.27. The first-order valence-corrected chi connectivity index (χ1v) is 6.85. The highest BCUT2D eigenvalue weighted by molar-refractivity contribution is 5.77. The van der Waals surface area contributed by atoms with Gasteiger partial charge >= 0.3 is 0 Å². The maximum absolute atomic E-state index is 14.0. The zero-order valence-electron chi connectivity index (χ0n) is 12.4. The lowest BCUT2D eigenvalue weighted by Gasteiger charge is -2.18. The molecule has 0 aliphatic rings. The molecule has 0 aliphatic carbocycles. The van der Waals surface area contributed by atoms with Gasteiger partial charge in [0, 0.05) is 30.8 Å². The first kappa shape index (κ1) is 16.6. The van der Waals surface area contributed by atoms with Crippen molar-refractivity contribution in [3.05, 3.63) is 35.1 Å². The molecule has 0 unspecified atom stereocenters. The Hall–Kier alpha value is -1.46. The van der Waals surface area contributed by atoms with Gasteiger partial charge in [-0.05, 0) is 13.0 Å². The van der Waals surface area contributed by atoms with Crippen LogP contribution in [0.2, 0.25) is 0 Å². The summed E-state index contributed by atoms with van der Waals surface area (Å²) in [4.78, 5) is 13.5. The lowest BCUT2D eigenvalue weighted by Crippen LogP contribution is -2.36. The number of nitrogens with one attached hydrogen (secondary N) is 1. The van der Waals surface area contributed by atoms with Crippen LogP contribution in [0.15, 0.2) is 18.2 Å². The predicted octanol–water partition coefficient (Wildman–Crippen LogP) is 1.49. The van der Waals surface area contributed by atoms with Crippen LogP contribution in [0.4, 0.5) is 4.39 Å². The van der Waals surface area contributed by atoms with Gasteiger partial charge in [0.2, 0.25) is 5.91 Å². The second-order valence-electron chi connectivity index (χ2n) is 5.46. The summed E-state index contributed by atoms with van der Waals surface area (Å²) in [5.41, 5.74) is 6.54. The van der Waals surface area contributed by atoms with Crippen LogP contribution in [-0.4, -0.2) is 30.9 Å². The number of amides is 1. The number of rotatable bonds is 7. The summed E-state index contributed by atoms with van der Waals surface area (Å²) in [6.07, 6.45) is 0. The minimum absolute atomic E-state index is 0.0448. The Balaban J connectivity index is 2.54. The van der Waals surface area contributed by atoms with E-state index >= 15 is 0 Å². The molecule has 0 atom stereocenters. The van der Waals surface area contributed by atoms with Gasteiger partial charge in [0.25, 0.3) is 0 Å². The van der Waals surface area contributed by atoms with Gasteiger partial charge in [-0.3, -0.25) is 9.69 Å². The zero-order chi connectivity index (χ0) is 15.1. The molecule has 0 fully saturated rings. The van der Waals surface area contributed by atoms with Crippen LogP contribution in [0.5, 0.6) is 0 Å². The third-order valence-electron chi connectivity index (χ3n) is 2.94. The molecular formula is C15H24FN3O. The fourth-order valence-electron chi connectivity index (χ4n) is 1.88. The van der Waals surface area contributed by atoms with Gasteiger partial charge in [-0.2, -0.15) is 0 Å². The highest BCUT2D eigenvalue weighted by Gasteiger charge is 2.11. The molecule has 4 nitrogen and oxygen atoms in total. The SMILES string of the molecule is CC(C)CNC(=O)CN(C)Cc1cccc(CN)c1F. The molecule has 1 rings (SSSR count). The summed E-state index contributed by atoms with van der Waals surface area (Å²) in [5, 5.41) is 2.84. The molecule has 0 saturated heterocycles. The second kappa shape index (κ2) is 7.97. The Kier molecular flexibility index (Phi) is 6.61. The van der Waals surface area contributed by atoms with E-state index in [2.05, 4.69) is 5.32 Å². The number of nitrogens with zero attached hydrogens (tertiary/aromatic N) is 1. The molecule has 0 heterocycles. The molecule has 112 valence electrons. The normalized spacial score (nSPS) is 11.2. The number of hydrogen-bond acceptors (Lipinski definition) is 3. The average Bonchev–Trinajstić information content (AvgIpc) is 2.38. The van der Waals surface area contributed by atoms with Crippen LogP contribution in [0.3, 0.4) is 0 Å². The van der Waals surface area contributed by atoms with Gasteiger partial charge in [0.1, 0.15) is 5.82 Å². The van der Waals surface area contributed by atoms with Crippen molar-refractivity contribution in [2.75, 3.05) is 20.1 Å². The fourth-order valence-corrected chi connectivity index (χ4v) is 1.88. The molecular weight excluding hydrogens is 257 g/mol. The minimum atomic E-state index is -0.274. The quantitative estimate of drug-likeness (QED) is 0.796. The van der Waals surface area contributed by atoms with E-state index in [1.54, 1.807) is 30.1 Å². The van der Waals surface area contributed by atoms with Crippen LogP contribution < -0.4 is 11.1 Å². The van der Waals surface area contributed by atoms with Crippen molar-refractivity contribution in [1.82, 2.24) is 10.2 Å². The first-order valence-electron chi connectivity index (χ1n) is 6.85. The molecule has 0 saturated carbocycles. The molecule has 0 spiro atoms. The Morgan fingerprint density at radius 2 is 2.05 bits per heavy atom. The Labute approximate surface area is 120 Å². The molecule has 0 aliphatic heterocycles. The molecule has 0 bridgehead atoms. The monoisotopic (exact) mass is 281 g/mol. The lowest BCUT2D eigenvalue weighted by molar-refractivity contribution is -0.122. The van der Waals surface area contributed by atoms with Gasteiger partial charge in [0.05, 0.1) is 6.54 Å². The molecule has 3 N–H and O–H groups in total. The van der Waals surface area contributed by atoms with Gasteiger partial charge in [0.15, 0.2) is 0 Å². The number of halogens is 1. The third-order valence-corrected chi connectivity index (χ3v) is 2.94. The van der Waals surface area contributed by atoms with Crippen LogP contribution >= 0.6 is 0 Å². The van der Waals surface area contributed by atoms with E-state index in [0.29, 0.717) is 30.1 Å². The average molecular weight is 281 g/mol. The van der Waals surface area contributed by atoms with E-state index in [1.165, 1.54) is 0 Å². The molecule has 0 aromatic heterocycles. The van der Waals surface area contributed by atoms with Crippen molar-refractivity contribution >= 4 is 5.91 Å². The lowest BCUT2D eigenvalue weighted by atomic mass is 10.1. The van der Waals surface area contributed by atoms with Crippen molar-refractivity contribution in [2.24, 2.45) is 11.7 Å². The molecule has 20 heavy (non-hydrogen) atoms. The van der Waals surface area contributed by atoms with Crippen LogP contribution in [-0.2, 0) is 17.9 Å². The van der Waals surface area contributed by atoms with Crippen LogP contribution in [0.1, 0.15) is 25.0 Å². The van der Waals surface area contributed by atoms with Crippen LogP contribution in [0.25, 0.3) is 0 Å². The van der Waals surface area contributed by atoms with Crippen molar-refractivity contribution < 1.29 is 9.18 Å². The Bertz CT molecular complexity index is 449. The standard InChI is InChI=1S/C15H24FN3O/c1-11(2)8-18-14(20)10-19(3)9-13-6-4-5-12(7-17)15(13)16/h4-6,11H,7-10,17H2,1-3H3,(H,18,20).